The average molecular weight is 653 g/mol. The Morgan fingerprint density at radius 2 is 1.09 bits per heavy atom. The Morgan fingerprint density at radius 3 is 1.41 bits per heavy atom. The van der Waals surface area contributed by atoms with Gasteiger partial charge in [0.15, 0.2) is 0 Å². The van der Waals surface area contributed by atoms with Crippen molar-refractivity contribution in [3.05, 3.63) is 79.9 Å². The van der Waals surface area contributed by atoms with Gasteiger partial charge in [-0.15, -0.1) is 20.2 Å². The SMILES string of the molecule is Cc1ccc(OCCO[N+](=O)[O-])cc1OC(OC(=O)/C=C\C(=O)OC(Oc1cc(OCCO[N+](=O)[O-])ccc1C)C(C)N)C(C)N. The molecule has 0 aromatic heterocycles. The number of nitrogens with two attached hydrogens (primary N) is 2. The van der Waals surface area contributed by atoms with Crippen LogP contribution >= 0.6 is 0 Å². The first-order valence-corrected chi connectivity index (χ1v) is 13.7. The minimum atomic E-state index is -1.27. The van der Waals surface area contributed by atoms with E-state index < -0.39 is 46.8 Å². The van der Waals surface area contributed by atoms with Crippen molar-refractivity contribution in [3.8, 4) is 23.0 Å². The van der Waals surface area contributed by atoms with E-state index in [0.717, 1.165) is 12.2 Å². The first kappa shape index (κ1) is 36.8. The van der Waals surface area contributed by atoms with Gasteiger partial charge >= 0.3 is 11.9 Å². The molecule has 0 bridgehead atoms. The van der Waals surface area contributed by atoms with Crippen LogP contribution in [0.1, 0.15) is 25.0 Å². The van der Waals surface area contributed by atoms with Crippen LogP contribution in [-0.2, 0) is 28.7 Å². The highest BCUT2D eigenvalue weighted by Crippen LogP contribution is 2.27. The molecule has 46 heavy (non-hydrogen) atoms. The topological polar surface area (TPSA) is 246 Å². The number of carbonyl (C=O) groups is 2. The summed E-state index contributed by atoms with van der Waals surface area (Å²) in [6, 6.07) is 7.90. The summed E-state index contributed by atoms with van der Waals surface area (Å²) in [7, 11) is 0. The minimum absolute atomic E-state index is 0.102. The summed E-state index contributed by atoms with van der Waals surface area (Å²) in [6.45, 7) is 5.75. The van der Waals surface area contributed by atoms with Crippen LogP contribution in [0.5, 0.6) is 23.0 Å². The van der Waals surface area contributed by atoms with E-state index in [0.29, 0.717) is 22.6 Å². The van der Waals surface area contributed by atoms with Gasteiger partial charge in [-0.3, -0.25) is 0 Å². The van der Waals surface area contributed by atoms with Gasteiger partial charge in [0.1, 0.15) is 49.4 Å². The first-order valence-electron chi connectivity index (χ1n) is 13.7. The Balaban J connectivity index is 1.98. The van der Waals surface area contributed by atoms with Crippen molar-refractivity contribution in [2.24, 2.45) is 11.5 Å². The Labute approximate surface area is 263 Å². The van der Waals surface area contributed by atoms with Gasteiger partial charge in [-0.05, 0) is 51.0 Å². The molecule has 0 fully saturated rings. The third kappa shape index (κ3) is 13.5. The number of nitrogens with zero attached hydrogens (tertiary/aromatic N) is 2. The lowest BCUT2D eigenvalue weighted by molar-refractivity contribution is -0.757. The molecule has 2 aromatic rings. The van der Waals surface area contributed by atoms with Crippen molar-refractivity contribution in [2.75, 3.05) is 26.4 Å². The highest BCUT2D eigenvalue weighted by atomic mass is 17.0. The monoisotopic (exact) mass is 652 g/mol. The van der Waals surface area contributed by atoms with Gasteiger partial charge in [0, 0.05) is 24.3 Å². The zero-order chi connectivity index (χ0) is 34.2. The molecular formula is C28H36N4O14. The van der Waals surface area contributed by atoms with Crippen LogP contribution in [0.3, 0.4) is 0 Å². The molecule has 0 spiro atoms. The van der Waals surface area contributed by atoms with Crippen molar-refractivity contribution in [1.29, 1.82) is 0 Å². The predicted octanol–water partition coefficient (Wildman–Crippen LogP) is 1.92. The number of benzene rings is 2. The van der Waals surface area contributed by atoms with Gasteiger partial charge in [0.25, 0.3) is 22.8 Å². The summed E-state index contributed by atoms with van der Waals surface area (Å²) in [4.78, 5) is 54.0. The Bertz CT molecular complexity index is 1270. The number of carbonyl (C=O) groups excluding carboxylic acids is 2. The van der Waals surface area contributed by atoms with E-state index in [-0.39, 0.29) is 37.9 Å². The van der Waals surface area contributed by atoms with Crippen LogP contribution in [0, 0.1) is 34.1 Å². The number of hydrogen-bond donors (Lipinski definition) is 2. The molecule has 0 amide bonds. The highest BCUT2D eigenvalue weighted by molar-refractivity contribution is 5.91. The van der Waals surface area contributed by atoms with Crippen LogP contribution < -0.4 is 30.4 Å². The van der Waals surface area contributed by atoms with E-state index in [1.165, 1.54) is 26.0 Å². The summed E-state index contributed by atoms with van der Waals surface area (Å²) in [5, 5.41) is 18.7. The van der Waals surface area contributed by atoms with Crippen LogP contribution in [0.2, 0.25) is 0 Å². The lowest BCUT2D eigenvalue weighted by Gasteiger charge is -2.23. The Kier molecular flexibility index (Phi) is 14.8. The second kappa shape index (κ2) is 18.4. The molecule has 4 unspecified atom stereocenters. The van der Waals surface area contributed by atoms with Crippen LogP contribution in [0.4, 0.5) is 0 Å². The van der Waals surface area contributed by atoms with Crippen molar-refractivity contribution >= 4 is 11.9 Å². The van der Waals surface area contributed by atoms with Gasteiger partial charge in [0.2, 0.25) is 0 Å². The maximum atomic E-state index is 12.5. The summed E-state index contributed by atoms with van der Waals surface area (Å²) in [5.74, 6) is -0.793. The molecule has 0 radical (unpaired) electrons. The van der Waals surface area contributed by atoms with Crippen LogP contribution in [0.15, 0.2) is 48.6 Å². The summed E-state index contributed by atoms with van der Waals surface area (Å²) >= 11 is 0. The zero-order valence-electron chi connectivity index (χ0n) is 25.5. The molecule has 0 aliphatic carbocycles. The van der Waals surface area contributed by atoms with Crippen molar-refractivity contribution < 1.29 is 57.9 Å². The second-order valence-electron chi connectivity index (χ2n) is 9.56. The lowest BCUT2D eigenvalue weighted by Crippen LogP contribution is -2.40. The highest BCUT2D eigenvalue weighted by Gasteiger charge is 2.23. The third-order valence-electron chi connectivity index (χ3n) is 5.58. The molecule has 252 valence electrons. The molecule has 2 rings (SSSR count). The van der Waals surface area contributed by atoms with Gasteiger partial charge in [-0.1, -0.05) is 12.1 Å². The molecule has 4 atom stereocenters. The van der Waals surface area contributed by atoms with Gasteiger partial charge in [-0.25, -0.2) is 9.59 Å². The molecule has 0 saturated carbocycles. The smallest absolute Gasteiger partial charge is 0.334 e. The fourth-order valence-electron chi connectivity index (χ4n) is 3.31. The fraction of sp³-hybridized carbons (Fsp3) is 0.429. The van der Waals surface area contributed by atoms with E-state index in [9.17, 15) is 29.8 Å². The number of aryl methyl sites for hydroxylation is 2. The Morgan fingerprint density at radius 1 is 0.717 bits per heavy atom. The van der Waals surface area contributed by atoms with E-state index in [1.807, 2.05) is 0 Å². The lowest BCUT2D eigenvalue weighted by atomic mass is 10.2. The molecule has 18 nitrogen and oxygen atoms in total. The molecular weight excluding hydrogens is 616 g/mol. The van der Waals surface area contributed by atoms with E-state index >= 15 is 0 Å². The number of hydrogen-bond acceptors (Lipinski definition) is 16. The van der Waals surface area contributed by atoms with Gasteiger partial charge < -0.3 is 49.6 Å². The maximum Gasteiger partial charge on any atom is 0.334 e. The summed E-state index contributed by atoms with van der Waals surface area (Å²) < 4.78 is 32.9. The quantitative estimate of drug-likeness (QED) is 0.0518. The molecule has 4 N–H and O–H groups in total. The van der Waals surface area contributed by atoms with Crippen molar-refractivity contribution in [2.45, 2.75) is 52.4 Å². The van der Waals surface area contributed by atoms with Crippen molar-refractivity contribution in [1.82, 2.24) is 0 Å². The minimum Gasteiger partial charge on any atom is -0.491 e. The van der Waals surface area contributed by atoms with Gasteiger partial charge in [0.05, 0.1) is 12.1 Å². The normalized spacial score (nSPS) is 13.4. The second-order valence-corrected chi connectivity index (χ2v) is 9.56. The number of esters is 2. The van der Waals surface area contributed by atoms with Crippen molar-refractivity contribution in [3.63, 3.8) is 0 Å². The average Bonchev–Trinajstić information content (AvgIpc) is 2.98. The number of rotatable bonds is 20. The maximum absolute atomic E-state index is 12.5. The fourth-order valence-corrected chi connectivity index (χ4v) is 3.31. The third-order valence-corrected chi connectivity index (χ3v) is 5.58. The van der Waals surface area contributed by atoms with E-state index in [4.69, 9.17) is 39.9 Å². The molecule has 2 aromatic carbocycles. The summed E-state index contributed by atoms with van der Waals surface area (Å²) in [5.41, 5.74) is 13.2. The first-order chi connectivity index (χ1) is 21.7. The molecule has 18 heteroatoms. The number of ether oxygens (including phenoxy) is 6. The Hall–Kier alpha value is -5.36. The van der Waals surface area contributed by atoms with Crippen LogP contribution in [0.25, 0.3) is 0 Å². The standard InChI is InChI=1S/C28H36N4O14/c1-17-5-7-21(39-11-13-41-31(35)36)15-23(17)43-27(19(3)29)45-25(33)9-10-26(34)46-28(20(4)30)44-24-16-22(8-6-18(24)2)40-12-14-42-32(37)38/h5-10,15-16,19-20,27-28H,11-14,29-30H2,1-4H3/b10-9-. The molecule has 0 saturated heterocycles. The predicted molar refractivity (Wildman–Crippen MR) is 157 cm³/mol. The molecule has 0 heterocycles. The van der Waals surface area contributed by atoms with E-state index in [2.05, 4.69) is 9.68 Å². The largest absolute Gasteiger partial charge is 0.491 e. The van der Waals surface area contributed by atoms with Crippen LogP contribution in [-0.4, -0.2) is 73.2 Å². The zero-order valence-corrected chi connectivity index (χ0v) is 25.5. The van der Waals surface area contributed by atoms with Gasteiger partial charge in [-0.2, -0.15) is 0 Å². The molecule has 0 aliphatic heterocycles. The van der Waals surface area contributed by atoms with E-state index in [1.54, 1.807) is 38.1 Å². The summed E-state index contributed by atoms with van der Waals surface area (Å²) in [6.07, 6.45) is -0.922. The molecule has 0 aliphatic rings.